The first-order valence-corrected chi connectivity index (χ1v) is 7.54. The van der Waals surface area contributed by atoms with Gasteiger partial charge in [-0.25, -0.2) is 4.68 Å². The van der Waals surface area contributed by atoms with Crippen LogP contribution in [0, 0.1) is 11.3 Å². The average molecular weight is 314 g/mol. The van der Waals surface area contributed by atoms with Crippen molar-refractivity contribution in [2.75, 3.05) is 6.61 Å². The van der Waals surface area contributed by atoms with Gasteiger partial charge in [-0.2, -0.15) is 5.26 Å². The highest BCUT2D eigenvalue weighted by atomic mass is 16.5. The first kappa shape index (κ1) is 15.5. The fourth-order valence-corrected chi connectivity index (χ4v) is 2.50. The van der Waals surface area contributed by atoms with E-state index in [1.54, 1.807) is 35.1 Å². The highest BCUT2D eigenvalue weighted by Crippen LogP contribution is 2.16. The number of hydrogen-bond donors (Lipinski definition) is 1. The summed E-state index contributed by atoms with van der Waals surface area (Å²) in [7, 11) is 0. The lowest BCUT2D eigenvalue weighted by Crippen LogP contribution is -2.32. The second kappa shape index (κ2) is 7.22. The van der Waals surface area contributed by atoms with Crippen LogP contribution in [-0.4, -0.2) is 38.9 Å². The molecule has 1 fully saturated rings. The Hall–Kier alpha value is -2.43. The van der Waals surface area contributed by atoms with E-state index in [0.717, 1.165) is 0 Å². The van der Waals surface area contributed by atoms with Gasteiger partial charge >= 0.3 is 0 Å². The average Bonchev–Trinajstić information content (AvgIpc) is 3.00. The molecule has 1 aliphatic rings. The number of aliphatic hydroxyl groups excluding tert-OH is 1. The molecular formula is C16H18N4O3. The van der Waals surface area contributed by atoms with Crippen molar-refractivity contribution in [2.45, 2.75) is 38.2 Å². The minimum Gasteiger partial charge on any atom is -0.487 e. The lowest BCUT2D eigenvalue weighted by atomic mass is 10.1. The van der Waals surface area contributed by atoms with E-state index in [4.69, 9.17) is 14.7 Å². The molecule has 3 rings (SSSR count). The minimum atomic E-state index is -0.299. The molecule has 7 nitrogen and oxygen atoms in total. The van der Waals surface area contributed by atoms with Crippen LogP contribution in [0.5, 0.6) is 5.75 Å². The zero-order valence-electron chi connectivity index (χ0n) is 12.6. The maximum absolute atomic E-state index is 9.65. The number of hydrogen-bond acceptors (Lipinski definition) is 6. The zero-order chi connectivity index (χ0) is 16.1. The molecule has 1 aliphatic heterocycles. The van der Waals surface area contributed by atoms with Gasteiger partial charge in [0.1, 0.15) is 18.1 Å². The molecule has 7 heteroatoms. The molecule has 0 amide bonds. The van der Waals surface area contributed by atoms with Crippen LogP contribution >= 0.6 is 0 Å². The van der Waals surface area contributed by atoms with Gasteiger partial charge < -0.3 is 14.6 Å². The van der Waals surface area contributed by atoms with E-state index in [2.05, 4.69) is 16.4 Å². The molecule has 23 heavy (non-hydrogen) atoms. The number of aromatic nitrogens is 3. The fourth-order valence-electron chi connectivity index (χ4n) is 2.50. The van der Waals surface area contributed by atoms with Crippen LogP contribution in [0.4, 0.5) is 0 Å². The molecular weight excluding hydrogens is 296 g/mol. The van der Waals surface area contributed by atoms with Crippen LogP contribution in [0.3, 0.4) is 0 Å². The standard InChI is InChI=1S/C16H18N4O3/c17-8-12-2-1-3-15(6-12)23-11-13-9-20(19-18-13)10-16-7-14(21)4-5-22-16/h1-3,6,9,14,16,21H,4-5,7,10-11H2. The van der Waals surface area contributed by atoms with Gasteiger partial charge in [0.15, 0.2) is 0 Å². The fraction of sp³-hybridized carbons (Fsp3) is 0.438. The summed E-state index contributed by atoms with van der Waals surface area (Å²) in [4.78, 5) is 0. The van der Waals surface area contributed by atoms with Crippen LogP contribution in [0.1, 0.15) is 24.1 Å². The first-order valence-electron chi connectivity index (χ1n) is 7.54. The van der Waals surface area contributed by atoms with Crippen molar-refractivity contribution in [1.82, 2.24) is 15.0 Å². The van der Waals surface area contributed by atoms with Gasteiger partial charge in [0.2, 0.25) is 0 Å². The predicted molar refractivity (Wildman–Crippen MR) is 80.5 cm³/mol. The number of rotatable bonds is 5. The van der Waals surface area contributed by atoms with Crippen LogP contribution in [0.25, 0.3) is 0 Å². The second-order valence-electron chi connectivity index (χ2n) is 5.53. The Morgan fingerprint density at radius 3 is 3.22 bits per heavy atom. The van der Waals surface area contributed by atoms with E-state index in [1.807, 2.05) is 0 Å². The Balaban J connectivity index is 1.53. The second-order valence-corrected chi connectivity index (χ2v) is 5.53. The molecule has 1 aromatic heterocycles. The molecule has 120 valence electrons. The molecule has 1 saturated heterocycles. The number of aliphatic hydroxyl groups is 1. The summed E-state index contributed by atoms with van der Waals surface area (Å²) in [6.07, 6.45) is 2.77. The molecule has 0 spiro atoms. The summed E-state index contributed by atoms with van der Waals surface area (Å²) in [6, 6.07) is 9.05. The Kier molecular flexibility index (Phi) is 4.86. The van der Waals surface area contributed by atoms with Crippen molar-refractivity contribution >= 4 is 0 Å². The monoisotopic (exact) mass is 314 g/mol. The maximum atomic E-state index is 9.65. The van der Waals surface area contributed by atoms with E-state index in [0.29, 0.717) is 43.0 Å². The Bertz CT molecular complexity index is 695. The SMILES string of the molecule is N#Cc1cccc(OCc2cn(CC3CC(O)CCO3)nn2)c1. The molecule has 2 heterocycles. The molecule has 2 atom stereocenters. The zero-order valence-corrected chi connectivity index (χ0v) is 12.6. The van der Waals surface area contributed by atoms with Gasteiger partial charge in [0, 0.05) is 13.0 Å². The molecule has 2 unspecified atom stereocenters. The molecule has 0 saturated carbocycles. The third-order valence-electron chi connectivity index (χ3n) is 3.67. The number of ether oxygens (including phenoxy) is 2. The van der Waals surface area contributed by atoms with Crippen LogP contribution in [-0.2, 0) is 17.9 Å². The largest absolute Gasteiger partial charge is 0.487 e. The quantitative estimate of drug-likeness (QED) is 0.893. The van der Waals surface area contributed by atoms with E-state index < -0.39 is 0 Å². The lowest BCUT2D eigenvalue weighted by Gasteiger charge is -2.26. The molecule has 1 N–H and O–H groups in total. The topological polar surface area (TPSA) is 93.2 Å². The molecule has 2 aromatic rings. The van der Waals surface area contributed by atoms with Crippen molar-refractivity contribution in [3.63, 3.8) is 0 Å². The maximum Gasteiger partial charge on any atom is 0.134 e. The molecule has 1 aromatic carbocycles. The van der Waals surface area contributed by atoms with E-state index in [9.17, 15) is 5.11 Å². The third-order valence-corrected chi connectivity index (χ3v) is 3.67. The van der Waals surface area contributed by atoms with Gasteiger partial charge in [-0.3, -0.25) is 0 Å². The van der Waals surface area contributed by atoms with Crippen LogP contribution < -0.4 is 4.74 Å². The van der Waals surface area contributed by atoms with Crippen molar-refractivity contribution in [2.24, 2.45) is 0 Å². The summed E-state index contributed by atoms with van der Waals surface area (Å²) >= 11 is 0. The molecule has 0 radical (unpaired) electrons. The summed E-state index contributed by atoms with van der Waals surface area (Å²) in [5.41, 5.74) is 1.25. The normalized spacial score (nSPS) is 20.9. The summed E-state index contributed by atoms with van der Waals surface area (Å²) in [6.45, 7) is 1.42. The molecule has 0 bridgehead atoms. The van der Waals surface area contributed by atoms with Gasteiger partial charge in [0.05, 0.1) is 36.6 Å². The Labute approximate surface area is 134 Å². The van der Waals surface area contributed by atoms with E-state index >= 15 is 0 Å². The van der Waals surface area contributed by atoms with Crippen molar-refractivity contribution < 1.29 is 14.6 Å². The van der Waals surface area contributed by atoms with E-state index in [1.165, 1.54) is 0 Å². The van der Waals surface area contributed by atoms with Gasteiger partial charge in [0.25, 0.3) is 0 Å². The van der Waals surface area contributed by atoms with Crippen LogP contribution in [0.15, 0.2) is 30.5 Å². The summed E-state index contributed by atoms with van der Waals surface area (Å²) < 4.78 is 12.9. The highest BCUT2D eigenvalue weighted by Gasteiger charge is 2.21. The summed E-state index contributed by atoms with van der Waals surface area (Å²) in [5, 5.41) is 26.6. The van der Waals surface area contributed by atoms with Crippen LogP contribution in [0.2, 0.25) is 0 Å². The first-order chi connectivity index (χ1) is 11.2. The minimum absolute atomic E-state index is 0.0403. The van der Waals surface area contributed by atoms with Crippen molar-refractivity contribution in [1.29, 1.82) is 5.26 Å². The molecule has 0 aliphatic carbocycles. The van der Waals surface area contributed by atoms with E-state index in [-0.39, 0.29) is 18.8 Å². The number of nitriles is 1. The summed E-state index contributed by atoms with van der Waals surface area (Å²) in [5.74, 6) is 0.623. The highest BCUT2D eigenvalue weighted by molar-refractivity contribution is 5.36. The predicted octanol–water partition coefficient (Wildman–Crippen LogP) is 1.27. The third kappa shape index (κ3) is 4.28. The lowest BCUT2D eigenvalue weighted by molar-refractivity contribution is -0.0512. The van der Waals surface area contributed by atoms with Crippen molar-refractivity contribution in [3.8, 4) is 11.8 Å². The Morgan fingerprint density at radius 1 is 1.48 bits per heavy atom. The van der Waals surface area contributed by atoms with Gasteiger partial charge in [-0.1, -0.05) is 11.3 Å². The number of nitrogens with zero attached hydrogens (tertiary/aromatic N) is 4. The van der Waals surface area contributed by atoms with Crippen molar-refractivity contribution in [3.05, 3.63) is 41.7 Å². The smallest absolute Gasteiger partial charge is 0.134 e. The van der Waals surface area contributed by atoms with Gasteiger partial charge in [-0.05, 0) is 24.6 Å². The Morgan fingerprint density at radius 2 is 2.39 bits per heavy atom. The van der Waals surface area contributed by atoms with Gasteiger partial charge in [-0.15, -0.1) is 5.10 Å². The number of benzene rings is 1.